The normalized spacial score (nSPS) is 19.4. The van der Waals surface area contributed by atoms with Crippen LogP contribution in [0.3, 0.4) is 0 Å². The van der Waals surface area contributed by atoms with Gasteiger partial charge in [-0.3, -0.25) is 4.79 Å². The first-order valence-electron chi connectivity index (χ1n) is 8.34. The Balaban J connectivity index is 1.58. The van der Waals surface area contributed by atoms with Crippen LogP contribution in [0.4, 0.5) is 0 Å². The molecule has 1 fully saturated rings. The quantitative estimate of drug-likeness (QED) is 0.813. The van der Waals surface area contributed by atoms with E-state index in [1.807, 2.05) is 28.6 Å². The van der Waals surface area contributed by atoms with Crippen molar-refractivity contribution in [1.29, 1.82) is 0 Å². The third kappa shape index (κ3) is 2.28. The maximum Gasteiger partial charge on any atom is 0.225 e. The van der Waals surface area contributed by atoms with Crippen LogP contribution < -0.4 is 0 Å². The average Bonchev–Trinajstić information content (AvgIpc) is 2.95. The second-order valence-corrected chi connectivity index (χ2v) is 6.63. The van der Waals surface area contributed by atoms with Crippen molar-refractivity contribution in [3.05, 3.63) is 29.2 Å². The summed E-state index contributed by atoms with van der Waals surface area (Å²) in [7, 11) is 0. The Morgan fingerprint density at radius 3 is 2.91 bits per heavy atom. The molecule has 5 nitrogen and oxygen atoms in total. The van der Waals surface area contributed by atoms with E-state index in [4.69, 9.17) is 0 Å². The lowest BCUT2D eigenvalue weighted by Gasteiger charge is -2.33. The molecule has 1 aliphatic heterocycles. The Kier molecular flexibility index (Phi) is 3.36. The number of amides is 1. The first kappa shape index (κ1) is 13.7. The van der Waals surface area contributed by atoms with Crippen molar-refractivity contribution in [2.24, 2.45) is 5.92 Å². The van der Waals surface area contributed by atoms with Crippen LogP contribution in [0.5, 0.6) is 0 Å². The van der Waals surface area contributed by atoms with Gasteiger partial charge in [0.2, 0.25) is 5.91 Å². The fraction of sp³-hybridized carbons (Fsp3) is 0.588. The molecule has 0 unspecified atom stereocenters. The number of hydrogen-bond acceptors (Lipinski definition) is 3. The Labute approximate surface area is 130 Å². The smallest absolute Gasteiger partial charge is 0.225 e. The molecule has 0 spiro atoms. The van der Waals surface area contributed by atoms with Crippen molar-refractivity contribution >= 4 is 11.6 Å². The first-order chi connectivity index (χ1) is 10.7. The maximum atomic E-state index is 12.7. The summed E-state index contributed by atoms with van der Waals surface area (Å²) < 4.78 is 1.95. The van der Waals surface area contributed by atoms with Crippen LogP contribution in [0.2, 0.25) is 0 Å². The molecule has 3 heterocycles. The number of aryl methyl sites for hydroxylation is 1. The molecule has 0 N–H and O–H groups in total. The topological polar surface area (TPSA) is 50.5 Å². The summed E-state index contributed by atoms with van der Waals surface area (Å²) in [4.78, 5) is 19.2. The van der Waals surface area contributed by atoms with Gasteiger partial charge in [0.1, 0.15) is 0 Å². The minimum atomic E-state index is 0.249. The van der Waals surface area contributed by atoms with E-state index >= 15 is 0 Å². The lowest BCUT2D eigenvalue weighted by atomic mass is 9.88. The van der Waals surface area contributed by atoms with E-state index < -0.39 is 0 Å². The molecule has 5 heteroatoms. The van der Waals surface area contributed by atoms with Gasteiger partial charge in [-0.1, -0.05) is 19.3 Å². The molecule has 2 aliphatic rings. The number of carbonyl (C=O) groups is 1. The van der Waals surface area contributed by atoms with Gasteiger partial charge in [0.05, 0.1) is 11.4 Å². The highest BCUT2D eigenvalue weighted by Gasteiger charge is 2.29. The highest BCUT2D eigenvalue weighted by atomic mass is 16.2. The van der Waals surface area contributed by atoms with Crippen LogP contribution >= 0.6 is 0 Å². The van der Waals surface area contributed by atoms with Crippen LogP contribution in [0.25, 0.3) is 5.65 Å². The maximum absolute atomic E-state index is 12.7. The van der Waals surface area contributed by atoms with Crippen LogP contribution in [-0.2, 0) is 17.8 Å². The molecule has 22 heavy (non-hydrogen) atoms. The van der Waals surface area contributed by atoms with Gasteiger partial charge in [0.25, 0.3) is 0 Å². The van der Waals surface area contributed by atoms with E-state index in [1.165, 1.54) is 25.0 Å². The van der Waals surface area contributed by atoms with E-state index in [0.29, 0.717) is 12.5 Å². The molecular formula is C17H22N4O. The standard InChI is InChI=1S/C17H22N4O/c1-12-9-16-18-10-14-11-20(8-7-15(14)21(16)19-12)17(22)13-5-3-2-4-6-13/h9-10,13H,2-8,11H2,1H3. The van der Waals surface area contributed by atoms with Crippen molar-refractivity contribution in [1.82, 2.24) is 19.5 Å². The number of aromatic nitrogens is 3. The molecular weight excluding hydrogens is 276 g/mol. The van der Waals surface area contributed by atoms with E-state index in [1.54, 1.807) is 0 Å². The molecule has 2 aromatic rings. The predicted octanol–water partition coefficient (Wildman–Crippen LogP) is 2.50. The number of carbonyl (C=O) groups excluding carboxylic acids is 1. The number of fused-ring (bicyclic) bond motifs is 3. The monoisotopic (exact) mass is 298 g/mol. The molecule has 1 amide bonds. The first-order valence-corrected chi connectivity index (χ1v) is 8.34. The van der Waals surface area contributed by atoms with Crippen molar-refractivity contribution < 1.29 is 4.79 Å². The second-order valence-electron chi connectivity index (χ2n) is 6.63. The van der Waals surface area contributed by atoms with Gasteiger partial charge in [0, 0.05) is 43.3 Å². The van der Waals surface area contributed by atoms with Crippen molar-refractivity contribution in [3.8, 4) is 0 Å². The lowest BCUT2D eigenvalue weighted by molar-refractivity contribution is -0.137. The number of nitrogens with zero attached hydrogens (tertiary/aromatic N) is 4. The molecule has 2 aromatic heterocycles. The SMILES string of the molecule is Cc1cc2ncc3c(n2n1)CCN(C(=O)C1CCCCC1)C3. The molecule has 116 valence electrons. The molecule has 0 bridgehead atoms. The molecule has 0 aromatic carbocycles. The summed E-state index contributed by atoms with van der Waals surface area (Å²) in [5.41, 5.74) is 4.25. The van der Waals surface area contributed by atoms with Crippen molar-refractivity contribution in [2.45, 2.75) is 52.0 Å². The third-order valence-corrected chi connectivity index (χ3v) is 5.04. The molecule has 0 atom stereocenters. The molecule has 0 saturated heterocycles. The summed E-state index contributed by atoms with van der Waals surface area (Å²) in [6.45, 7) is 3.48. The molecule has 4 rings (SSSR count). The Bertz CT molecular complexity index is 715. The van der Waals surface area contributed by atoms with E-state index in [-0.39, 0.29) is 5.92 Å². The van der Waals surface area contributed by atoms with Gasteiger partial charge in [-0.25, -0.2) is 9.50 Å². The second kappa shape index (κ2) is 5.38. The van der Waals surface area contributed by atoms with Crippen LogP contribution in [0.1, 0.15) is 49.1 Å². The summed E-state index contributed by atoms with van der Waals surface area (Å²) in [5.74, 6) is 0.598. The summed E-state index contributed by atoms with van der Waals surface area (Å²) in [6, 6.07) is 2.00. The van der Waals surface area contributed by atoms with Gasteiger partial charge in [-0.05, 0) is 19.8 Å². The summed E-state index contributed by atoms with van der Waals surface area (Å²) >= 11 is 0. The largest absolute Gasteiger partial charge is 0.338 e. The zero-order valence-corrected chi connectivity index (χ0v) is 13.1. The molecule has 1 aliphatic carbocycles. The summed E-state index contributed by atoms with van der Waals surface area (Å²) in [5, 5.41) is 4.54. The van der Waals surface area contributed by atoms with E-state index in [2.05, 4.69) is 10.1 Å². The van der Waals surface area contributed by atoms with E-state index in [9.17, 15) is 4.79 Å². The van der Waals surface area contributed by atoms with Gasteiger partial charge in [0.15, 0.2) is 5.65 Å². The average molecular weight is 298 g/mol. The fourth-order valence-electron chi connectivity index (χ4n) is 3.85. The minimum absolute atomic E-state index is 0.249. The highest BCUT2D eigenvalue weighted by molar-refractivity contribution is 5.79. The third-order valence-electron chi connectivity index (χ3n) is 5.04. The molecule has 1 saturated carbocycles. The van der Waals surface area contributed by atoms with Gasteiger partial charge in [-0.2, -0.15) is 5.10 Å². The summed E-state index contributed by atoms with van der Waals surface area (Å²) in [6.07, 6.45) is 8.62. The van der Waals surface area contributed by atoms with Gasteiger partial charge in [-0.15, -0.1) is 0 Å². The predicted molar refractivity (Wildman–Crippen MR) is 83.4 cm³/mol. The lowest BCUT2D eigenvalue weighted by Crippen LogP contribution is -2.41. The fourth-order valence-corrected chi connectivity index (χ4v) is 3.85. The van der Waals surface area contributed by atoms with Crippen LogP contribution in [0.15, 0.2) is 12.3 Å². The number of rotatable bonds is 1. The Hall–Kier alpha value is -1.91. The highest BCUT2D eigenvalue weighted by Crippen LogP contribution is 2.28. The Morgan fingerprint density at radius 1 is 1.27 bits per heavy atom. The van der Waals surface area contributed by atoms with Gasteiger partial charge < -0.3 is 4.90 Å². The van der Waals surface area contributed by atoms with Gasteiger partial charge >= 0.3 is 0 Å². The van der Waals surface area contributed by atoms with Crippen LogP contribution in [0, 0.1) is 12.8 Å². The Morgan fingerprint density at radius 2 is 2.09 bits per heavy atom. The van der Waals surface area contributed by atoms with Crippen molar-refractivity contribution in [2.75, 3.05) is 6.54 Å². The zero-order chi connectivity index (χ0) is 15.1. The van der Waals surface area contributed by atoms with E-state index in [0.717, 1.165) is 42.7 Å². The minimum Gasteiger partial charge on any atom is -0.338 e. The van der Waals surface area contributed by atoms with Crippen LogP contribution in [-0.4, -0.2) is 31.9 Å². The zero-order valence-electron chi connectivity index (χ0n) is 13.1. The number of hydrogen-bond donors (Lipinski definition) is 0. The molecule has 0 radical (unpaired) electrons. The van der Waals surface area contributed by atoms with Crippen molar-refractivity contribution in [3.63, 3.8) is 0 Å².